The molecule has 2 atom stereocenters. The minimum atomic E-state index is -0.895. The zero-order valence-electron chi connectivity index (χ0n) is 20.6. The smallest absolute Gasteiger partial charge is 0.354 e. The van der Waals surface area contributed by atoms with Gasteiger partial charge in [-0.15, -0.1) is 23.1 Å². The summed E-state index contributed by atoms with van der Waals surface area (Å²) in [6, 6.07) is 3.70. The van der Waals surface area contributed by atoms with Crippen molar-refractivity contribution in [1.29, 1.82) is 0 Å². The fourth-order valence-corrected chi connectivity index (χ4v) is 6.51. The molecule has 5 rings (SSSR count). The number of nitrogen functional groups attached to an aromatic ring is 1. The molecule has 4 heterocycles. The lowest BCUT2D eigenvalue weighted by atomic mass is 10.0. The molecule has 38 heavy (non-hydrogen) atoms. The first-order chi connectivity index (χ1) is 18.2. The molecule has 0 saturated carbocycles. The standard InChI is InChI=1S/C23H24FN7O5S2/c1-29-15-5-4-13(24)6-11(15)7-30(29)8-12-9-37-21-17(20(33)31(21)18(12)22(34)35-2)27-19(32)16(28-36-3)14-10-38-23(25)26-14/h4-6,10,17,21H,7-9H2,1-3H3,(H2,25,26)(H,27,32)/b28-16-. The Bertz CT molecular complexity index is 1380. The van der Waals surface area contributed by atoms with Crippen LogP contribution in [-0.2, 0) is 30.5 Å². The normalized spacial score (nSPS) is 21.2. The highest BCUT2D eigenvalue weighted by Gasteiger charge is 2.55. The number of esters is 1. The average Bonchev–Trinajstić information content (AvgIpc) is 3.46. The topological polar surface area (TPSA) is 143 Å². The average molecular weight is 562 g/mol. The number of methoxy groups -OCH3 is 1. The summed E-state index contributed by atoms with van der Waals surface area (Å²) in [4.78, 5) is 49.2. The van der Waals surface area contributed by atoms with E-state index in [-0.39, 0.29) is 28.1 Å². The van der Waals surface area contributed by atoms with Crippen LogP contribution in [0.4, 0.5) is 15.2 Å². The lowest BCUT2D eigenvalue weighted by Gasteiger charge is -2.50. The zero-order chi connectivity index (χ0) is 27.1. The number of nitrogens with two attached hydrogens (primary N) is 1. The fraction of sp³-hybridized carbons (Fsp3) is 0.348. The van der Waals surface area contributed by atoms with Crippen molar-refractivity contribution in [2.45, 2.75) is 18.0 Å². The van der Waals surface area contributed by atoms with Crippen molar-refractivity contribution in [3.63, 3.8) is 0 Å². The molecule has 12 nitrogen and oxygen atoms in total. The molecule has 2 unspecified atom stereocenters. The predicted octanol–water partition coefficient (Wildman–Crippen LogP) is 0.909. The molecule has 1 aromatic carbocycles. The van der Waals surface area contributed by atoms with E-state index in [9.17, 15) is 18.8 Å². The molecule has 0 aliphatic carbocycles. The highest BCUT2D eigenvalue weighted by Crippen LogP contribution is 2.42. The second-order valence-electron chi connectivity index (χ2n) is 8.62. The molecule has 0 bridgehead atoms. The quantitative estimate of drug-likeness (QED) is 0.217. The number of fused-ring (bicyclic) bond motifs is 2. The number of halogens is 1. The number of thiazole rings is 1. The van der Waals surface area contributed by atoms with Crippen LogP contribution in [0.25, 0.3) is 0 Å². The van der Waals surface area contributed by atoms with Crippen molar-refractivity contribution in [3.05, 3.63) is 51.9 Å². The molecule has 1 fully saturated rings. The molecule has 200 valence electrons. The number of β-lactam (4-membered cyclic amide) rings is 1. The number of ether oxygens (including phenoxy) is 1. The maximum absolute atomic E-state index is 13.7. The molecule has 3 aliphatic heterocycles. The number of amides is 2. The van der Waals surface area contributed by atoms with E-state index < -0.39 is 29.2 Å². The van der Waals surface area contributed by atoms with E-state index in [2.05, 4.69) is 15.5 Å². The molecule has 0 spiro atoms. The molecular weight excluding hydrogens is 537 g/mol. The van der Waals surface area contributed by atoms with Gasteiger partial charge >= 0.3 is 5.97 Å². The van der Waals surface area contributed by atoms with Crippen LogP contribution in [0.3, 0.4) is 0 Å². The molecule has 3 aliphatic rings. The first kappa shape index (κ1) is 25.9. The van der Waals surface area contributed by atoms with Gasteiger partial charge in [0, 0.05) is 31.3 Å². The van der Waals surface area contributed by atoms with Gasteiger partial charge in [0.05, 0.1) is 12.8 Å². The molecule has 1 aromatic heterocycles. The third-order valence-corrected chi connectivity index (χ3v) is 8.43. The highest BCUT2D eigenvalue weighted by molar-refractivity contribution is 8.00. The molecular formula is C23H24FN7O5S2. The van der Waals surface area contributed by atoms with Crippen LogP contribution in [0.5, 0.6) is 0 Å². The number of anilines is 2. The Kier molecular flexibility index (Phi) is 6.98. The van der Waals surface area contributed by atoms with E-state index >= 15 is 0 Å². The number of carbonyl (C=O) groups is 3. The summed E-state index contributed by atoms with van der Waals surface area (Å²) in [6.45, 7) is 0.776. The Labute approximate surface area is 225 Å². The van der Waals surface area contributed by atoms with Crippen LogP contribution in [0.1, 0.15) is 11.3 Å². The number of carbonyl (C=O) groups excluding carboxylic acids is 3. The van der Waals surface area contributed by atoms with Crippen LogP contribution in [0.2, 0.25) is 0 Å². The van der Waals surface area contributed by atoms with E-state index in [1.165, 1.54) is 43.0 Å². The maximum Gasteiger partial charge on any atom is 0.354 e. The van der Waals surface area contributed by atoms with Crippen molar-refractivity contribution >= 4 is 57.4 Å². The zero-order valence-corrected chi connectivity index (χ0v) is 22.3. The van der Waals surface area contributed by atoms with Crippen molar-refractivity contribution in [3.8, 4) is 0 Å². The summed E-state index contributed by atoms with van der Waals surface area (Å²) >= 11 is 2.55. The minimum Gasteiger partial charge on any atom is -0.464 e. The van der Waals surface area contributed by atoms with Gasteiger partial charge in [-0.1, -0.05) is 5.16 Å². The van der Waals surface area contributed by atoms with E-state index in [4.69, 9.17) is 15.3 Å². The van der Waals surface area contributed by atoms with E-state index in [0.29, 0.717) is 24.4 Å². The number of aromatic nitrogens is 1. The van der Waals surface area contributed by atoms with E-state index in [1.807, 2.05) is 17.1 Å². The van der Waals surface area contributed by atoms with Gasteiger partial charge in [0.1, 0.15) is 35.7 Å². The third-order valence-electron chi connectivity index (χ3n) is 6.42. The van der Waals surface area contributed by atoms with Crippen LogP contribution < -0.4 is 16.1 Å². The molecule has 0 radical (unpaired) electrons. The van der Waals surface area contributed by atoms with Gasteiger partial charge in [0.15, 0.2) is 10.8 Å². The summed E-state index contributed by atoms with van der Waals surface area (Å²) in [5, 5.41) is 11.6. The maximum atomic E-state index is 13.7. The first-order valence-electron chi connectivity index (χ1n) is 11.4. The Morgan fingerprint density at radius 3 is 2.82 bits per heavy atom. The Morgan fingerprint density at radius 1 is 1.34 bits per heavy atom. The van der Waals surface area contributed by atoms with Gasteiger partial charge < -0.3 is 25.6 Å². The van der Waals surface area contributed by atoms with Crippen molar-refractivity contribution in [2.75, 3.05) is 44.3 Å². The number of hydrogen-bond donors (Lipinski definition) is 2. The molecule has 15 heteroatoms. The molecule has 2 amide bonds. The number of nitrogens with zero attached hydrogens (tertiary/aromatic N) is 5. The van der Waals surface area contributed by atoms with Gasteiger partial charge in [0.2, 0.25) is 0 Å². The van der Waals surface area contributed by atoms with Crippen molar-refractivity contribution < 1.29 is 28.3 Å². The Morgan fingerprint density at radius 2 is 2.13 bits per heavy atom. The van der Waals surface area contributed by atoms with Crippen molar-refractivity contribution in [1.82, 2.24) is 20.2 Å². The van der Waals surface area contributed by atoms with Gasteiger partial charge in [0.25, 0.3) is 11.8 Å². The number of rotatable bonds is 7. The third kappa shape index (κ3) is 4.46. The molecule has 1 saturated heterocycles. The fourth-order valence-electron chi connectivity index (χ4n) is 4.63. The molecule has 3 N–H and O–H groups in total. The van der Waals surface area contributed by atoms with Crippen LogP contribution in [0.15, 0.2) is 40.0 Å². The SMILES string of the molecule is CO/N=C(\C(=O)NC1C(=O)N2C(C(=O)OC)=C(CN3Cc4cc(F)ccc4N3C)CSC12)c1csc(N)n1. The summed E-state index contributed by atoms with van der Waals surface area (Å²) in [6.07, 6.45) is 0. The predicted molar refractivity (Wildman–Crippen MR) is 139 cm³/mol. The first-order valence-corrected chi connectivity index (χ1v) is 13.3. The summed E-state index contributed by atoms with van der Waals surface area (Å²) in [7, 11) is 4.40. The van der Waals surface area contributed by atoms with Crippen molar-refractivity contribution in [2.24, 2.45) is 5.16 Å². The number of thioether (sulfide) groups is 1. The van der Waals surface area contributed by atoms with Gasteiger partial charge in [-0.05, 0) is 29.3 Å². The number of oxime groups is 1. The summed E-state index contributed by atoms with van der Waals surface area (Å²) in [5.74, 6) is -1.66. The Balaban J connectivity index is 1.35. The van der Waals surface area contributed by atoms with Gasteiger partial charge in [-0.2, -0.15) is 0 Å². The minimum absolute atomic E-state index is 0.120. The highest BCUT2D eigenvalue weighted by atomic mass is 32.2. The largest absolute Gasteiger partial charge is 0.464 e. The van der Waals surface area contributed by atoms with Crippen LogP contribution in [0, 0.1) is 5.82 Å². The Hall–Kier alpha value is -3.69. The second-order valence-corrected chi connectivity index (χ2v) is 10.6. The number of hydrazine groups is 1. The summed E-state index contributed by atoms with van der Waals surface area (Å²) in [5.41, 5.74) is 8.31. The van der Waals surface area contributed by atoms with Crippen LogP contribution >= 0.6 is 23.1 Å². The number of hydrogen-bond acceptors (Lipinski definition) is 12. The van der Waals surface area contributed by atoms with E-state index in [1.54, 1.807) is 11.4 Å². The van der Waals surface area contributed by atoms with E-state index in [0.717, 1.165) is 22.6 Å². The van der Waals surface area contributed by atoms with Crippen LogP contribution in [-0.4, -0.2) is 83.4 Å². The lowest BCUT2D eigenvalue weighted by Crippen LogP contribution is -2.71. The second kappa shape index (κ2) is 10.2. The number of nitrogens with one attached hydrogen (secondary N) is 1. The van der Waals surface area contributed by atoms with Gasteiger partial charge in [-0.3, -0.25) is 14.5 Å². The number of benzene rings is 1. The lowest BCUT2D eigenvalue weighted by molar-refractivity contribution is -0.151. The monoisotopic (exact) mass is 561 g/mol. The molecule has 2 aromatic rings. The van der Waals surface area contributed by atoms with Gasteiger partial charge in [-0.25, -0.2) is 19.2 Å². The summed E-state index contributed by atoms with van der Waals surface area (Å²) < 4.78 is 18.8.